The molecule has 0 aliphatic carbocycles. The summed E-state index contributed by atoms with van der Waals surface area (Å²) in [7, 11) is 0. The third-order valence-corrected chi connectivity index (χ3v) is 6.10. The molecule has 0 atom stereocenters. The first-order valence-corrected chi connectivity index (χ1v) is 10.1. The molecule has 140 valence electrons. The number of aryl methyl sites for hydroxylation is 1. The van der Waals surface area contributed by atoms with E-state index < -0.39 is 0 Å². The maximum absolute atomic E-state index is 12.9. The van der Waals surface area contributed by atoms with Crippen molar-refractivity contribution in [3.63, 3.8) is 0 Å². The lowest BCUT2D eigenvalue weighted by Crippen LogP contribution is -2.40. The Balaban J connectivity index is 1.53. The number of piperidine rings is 1. The van der Waals surface area contributed by atoms with Crippen LogP contribution in [0.1, 0.15) is 35.0 Å². The monoisotopic (exact) mass is 382 g/mol. The lowest BCUT2D eigenvalue weighted by Gasteiger charge is -2.30. The molecule has 1 fully saturated rings. The van der Waals surface area contributed by atoms with E-state index in [0.717, 1.165) is 21.1 Å². The van der Waals surface area contributed by atoms with Gasteiger partial charge >= 0.3 is 5.97 Å². The Bertz CT molecular complexity index is 1020. The lowest BCUT2D eigenvalue weighted by atomic mass is 9.97. The SMILES string of the molecule is CCOC(=O)C1CCN(C(=O)c2cc3cc4ccc(C)cc4nc3s2)CC1. The van der Waals surface area contributed by atoms with Crippen LogP contribution in [0.25, 0.3) is 21.1 Å². The summed E-state index contributed by atoms with van der Waals surface area (Å²) in [6.45, 7) is 5.45. The van der Waals surface area contributed by atoms with Gasteiger partial charge in [0.15, 0.2) is 0 Å². The van der Waals surface area contributed by atoms with E-state index in [1.54, 1.807) is 0 Å². The molecule has 0 saturated carbocycles. The minimum absolute atomic E-state index is 0.0283. The number of thiophene rings is 1. The first-order chi connectivity index (χ1) is 13.0. The van der Waals surface area contributed by atoms with Crippen molar-refractivity contribution in [3.8, 4) is 0 Å². The van der Waals surface area contributed by atoms with Crippen molar-refractivity contribution in [2.45, 2.75) is 26.7 Å². The number of carbonyl (C=O) groups excluding carboxylic acids is 2. The van der Waals surface area contributed by atoms with Crippen molar-refractivity contribution in [2.75, 3.05) is 19.7 Å². The first-order valence-electron chi connectivity index (χ1n) is 9.32. The molecule has 27 heavy (non-hydrogen) atoms. The molecule has 0 unspecified atom stereocenters. The molecule has 2 aromatic heterocycles. The van der Waals surface area contributed by atoms with Gasteiger partial charge in [-0.25, -0.2) is 4.98 Å². The predicted molar refractivity (Wildman–Crippen MR) is 107 cm³/mol. The molecule has 3 aromatic rings. The average Bonchev–Trinajstić information content (AvgIpc) is 3.08. The molecular formula is C21H22N2O3S. The number of likely N-dealkylation sites (tertiary alicyclic amines) is 1. The standard InChI is InChI=1S/C21H22N2O3S/c1-3-26-21(25)14-6-8-23(9-7-14)20(24)18-12-16-11-15-5-4-13(2)10-17(15)22-19(16)27-18/h4-5,10-12,14H,3,6-9H2,1-2H3. The van der Waals surface area contributed by atoms with Crippen LogP contribution >= 0.6 is 11.3 Å². The summed E-state index contributed by atoms with van der Waals surface area (Å²) in [4.78, 5) is 32.9. The third-order valence-electron chi connectivity index (χ3n) is 5.07. The lowest BCUT2D eigenvalue weighted by molar-refractivity contribution is -0.149. The minimum Gasteiger partial charge on any atom is -0.466 e. The zero-order valence-electron chi connectivity index (χ0n) is 15.5. The van der Waals surface area contributed by atoms with Crippen LogP contribution in [0.15, 0.2) is 30.3 Å². The summed E-state index contributed by atoms with van der Waals surface area (Å²) in [5.41, 5.74) is 2.13. The Morgan fingerprint density at radius 3 is 2.70 bits per heavy atom. The van der Waals surface area contributed by atoms with E-state index in [9.17, 15) is 9.59 Å². The van der Waals surface area contributed by atoms with E-state index >= 15 is 0 Å². The second-order valence-electron chi connectivity index (χ2n) is 7.01. The van der Waals surface area contributed by atoms with Gasteiger partial charge in [-0.3, -0.25) is 9.59 Å². The Morgan fingerprint density at radius 2 is 1.96 bits per heavy atom. The number of rotatable bonds is 3. The topological polar surface area (TPSA) is 59.5 Å². The van der Waals surface area contributed by atoms with Crippen LogP contribution in [0.2, 0.25) is 0 Å². The van der Waals surface area contributed by atoms with Crippen molar-refractivity contribution in [1.82, 2.24) is 9.88 Å². The van der Waals surface area contributed by atoms with Gasteiger partial charge < -0.3 is 9.64 Å². The maximum atomic E-state index is 12.9. The number of nitrogens with zero attached hydrogens (tertiary/aromatic N) is 2. The van der Waals surface area contributed by atoms with Gasteiger partial charge in [-0.2, -0.15) is 0 Å². The average molecular weight is 382 g/mol. The second-order valence-corrected chi connectivity index (χ2v) is 8.04. The summed E-state index contributed by atoms with van der Waals surface area (Å²) in [5, 5.41) is 2.08. The zero-order valence-corrected chi connectivity index (χ0v) is 16.3. The summed E-state index contributed by atoms with van der Waals surface area (Å²) in [5.74, 6) is -0.204. The van der Waals surface area contributed by atoms with Gasteiger partial charge in [0.25, 0.3) is 5.91 Å². The summed E-state index contributed by atoms with van der Waals surface area (Å²) >= 11 is 1.44. The maximum Gasteiger partial charge on any atom is 0.309 e. The first kappa shape index (κ1) is 17.9. The van der Waals surface area contributed by atoms with Crippen LogP contribution in [0.5, 0.6) is 0 Å². The highest BCUT2D eigenvalue weighted by Gasteiger charge is 2.29. The van der Waals surface area contributed by atoms with Gasteiger partial charge in [-0.1, -0.05) is 12.1 Å². The highest BCUT2D eigenvalue weighted by molar-refractivity contribution is 7.20. The van der Waals surface area contributed by atoms with Gasteiger partial charge in [0, 0.05) is 23.9 Å². The van der Waals surface area contributed by atoms with Gasteiger partial charge in [-0.05, 0) is 50.5 Å². The van der Waals surface area contributed by atoms with Crippen LogP contribution < -0.4 is 0 Å². The quantitative estimate of drug-likeness (QED) is 0.638. The molecule has 1 aliphatic heterocycles. The molecule has 0 N–H and O–H groups in total. The number of ether oxygens (including phenoxy) is 1. The van der Waals surface area contributed by atoms with Gasteiger partial charge in [0.05, 0.1) is 22.9 Å². The summed E-state index contributed by atoms with van der Waals surface area (Å²) in [6, 6.07) is 10.2. The minimum atomic E-state index is -0.141. The smallest absolute Gasteiger partial charge is 0.309 e. The fourth-order valence-corrected chi connectivity index (χ4v) is 4.57. The molecule has 3 heterocycles. The van der Waals surface area contributed by atoms with Crippen molar-refractivity contribution >= 4 is 44.3 Å². The van der Waals surface area contributed by atoms with Crippen LogP contribution in [0.4, 0.5) is 0 Å². The molecule has 1 saturated heterocycles. The van der Waals surface area contributed by atoms with E-state index in [1.165, 1.54) is 16.9 Å². The number of fused-ring (bicyclic) bond motifs is 2. The van der Waals surface area contributed by atoms with Crippen LogP contribution in [-0.2, 0) is 9.53 Å². The van der Waals surface area contributed by atoms with E-state index in [0.29, 0.717) is 37.4 Å². The fraction of sp³-hybridized carbons (Fsp3) is 0.381. The van der Waals surface area contributed by atoms with Gasteiger partial charge in [0.2, 0.25) is 0 Å². The predicted octanol–water partition coefficient (Wildman–Crippen LogP) is 4.17. The van der Waals surface area contributed by atoms with Crippen LogP contribution in [0.3, 0.4) is 0 Å². The van der Waals surface area contributed by atoms with Crippen molar-refractivity contribution < 1.29 is 14.3 Å². The number of carbonyl (C=O) groups is 2. The Hall–Kier alpha value is -2.47. The Morgan fingerprint density at radius 1 is 1.19 bits per heavy atom. The second kappa shape index (κ2) is 7.27. The summed E-state index contributed by atoms with van der Waals surface area (Å²) < 4.78 is 5.10. The largest absolute Gasteiger partial charge is 0.466 e. The van der Waals surface area contributed by atoms with E-state index in [1.807, 2.05) is 17.9 Å². The van der Waals surface area contributed by atoms with Gasteiger partial charge in [-0.15, -0.1) is 11.3 Å². The molecular weight excluding hydrogens is 360 g/mol. The molecule has 0 radical (unpaired) electrons. The highest BCUT2D eigenvalue weighted by atomic mass is 32.1. The number of pyridine rings is 1. The highest BCUT2D eigenvalue weighted by Crippen LogP contribution is 2.30. The van der Waals surface area contributed by atoms with E-state index in [2.05, 4.69) is 31.2 Å². The fourth-order valence-electron chi connectivity index (χ4n) is 3.58. The number of esters is 1. The molecule has 1 amide bonds. The Labute approximate surface area is 161 Å². The zero-order chi connectivity index (χ0) is 19.0. The molecule has 0 bridgehead atoms. The normalized spacial score (nSPS) is 15.4. The number of hydrogen-bond acceptors (Lipinski definition) is 5. The molecule has 1 aromatic carbocycles. The molecule has 0 spiro atoms. The molecule has 4 rings (SSSR count). The van der Waals surface area contributed by atoms with Gasteiger partial charge in [0.1, 0.15) is 4.83 Å². The van der Waals surface area contributed by atoms with Crippen molar-refractivity contribution in [3.05, 3.63) is 40.8 Å². The molecule has 6 heteroatoms. The molecule has 1 aliphatic rings. The van der Waals surface area contributed by atoms with Crippen LogP contribution in [-0.4, -0.2) is 41.5 Å². The van der Waals surface area contributed by atoms with Crippen LogP contribution in [0, 0.1) is 12.8 Å². The molecule has 5 nitrogen and oxygen atoms in total. The number of benzene rings is 1. The van der Waals surface area contributed by atoms with E-state index in [-0.39, 0.29) is 17.8 Å². The Kier molecular flexibility index (Phi) is 4.83. The third kappa shape index (κ3) is 3.54. The number of amides is 1. The van der Waals surface area contributed by atoms with Crippen molar-refractivity contribution in [2.24, 2.45) is 5.92 Å². The summed E-state index contributed by atoms with van der Waals surface area (Å²) in [6.07, 6.45) is 1.33. The number of hydrogen-bond donors (Lipinski definition) is 0. The van der Waals surface area contributed by atoms with Crippen molar-refractivity contribution in [1.29, 1.82) is 0 Å². The van der Waals surface area contributed by atoms with E-state index in [4.69, 9.17) is 9.72 Å². The number of aromatic nitrogens is 1.